The van der Waals surface area contributed by atoms with E-state index in [1.165, 1.54) is 16.7 Å². The highest BCUT2D eigenvalue weighted by atomic mass is 19.2. The van der Waals surface area contributed by atoms with Crippen molar-refractivity contribution in [1.82, 2.24) is 9.55 Å². The third kappa shape index (κ3) is 3.25. The molecule has 0 bridgehead atoms. The first kappa shape index (κ1) is 21.1. The Balaban J connectivity index is 1.77. The number of aryl methyl sites for hydroxylation is 1. The molecule has 0 atom stereocenters. The Kier molecular flexibility index (Phi) is 4.88. The zero-order valence-corrected chi connectivity index (χ0v) is 17.1. The first-order chi connectivity index (χ1) is 15.8. The topological polar surface area (TPSA) is 17.8 Å². The van der Waals surface area contributed by atoms with Crippen molar-refractivity contribution in [2.45, 2.75) is 13.5 Å². The molecule has 5 aromatic rings. The monoisotopic (exact) mass is 456 g/mol. The van der Waals surface area contributed by atoms with Crippen molar-refractivity contribution in [2.75, 3.05) is 0 Å². The molecule has 0 unspecified atom stereocenters. The number of pyridine rings is 1. The summed E-state index contributed by atoms with van der Waals surface area (Å²) in [5.74, 6) is -10.3. The van der Waals surface area contributed by atoms with Gasteiger partial charge in [-0.25, -0.2) is 26.3 Å². The van der Waals surface area contributed by atoms with Crippen LogP contribution in [-0.2, 0) is 6.54 Å². The summed E-state index contributed by atoms with van der Waals surface area (Å²) in [6.45, 7) is 1.10. The first-order valence-corrected chi connectivity index (χ1v) is 9.91. The summed E-state index contributed by atoms with van der Waals surface area (Å²) in [4.78, 5) is 4.23. The van der Waals surface area contributed by atoms with E-state index in [1.807, 2.05) is 6.07 Å². The maximum Gasteiger partial charge on any atom is 0.200 e. The van der Waals surface area contributed by atoms with Crippen LogP contribution in [-0.4, -0.2) is 9.55 Å². The highest BCUT2D eigenvalue weighted by Crippen LogP contribution is 2.35. The number of benzene rings is 3. The maximum absolute atomic E-state index is 14.4. The molecule has 5 rings (SSSR count). The van der Waals surface area contributed by atoms with Crippen LogP contribution < -0.4 is 0 Å². The van der Waals surface area contributed by atoms with Gasteiger partial charge in [0.15, 0.2) is 23.3 Å². The molecule has 3 aromatic carbocycles. The standard InChI is InChI=1S/C25H14F6N2/c1-12-25-16(8-9-32-12)17-10-14(13-2-5-15(26)6-3-13)4-7-19(17)33(25)11-18-20(27)22(29)24(31)23(30)21(18)28/h2-10H,11H2,1H3. The van der Waals surface area contributed by atoms with Gasteiger partial charge in [-0.3, -0.25) is 4.98 Å². The van der Waals surface area contributed by atoms with Crippen LogP contribution >= 0.6 is 0 Å². The van der Waals surface area contributed by atoms with Gasteiger partial charge >= 0.3 is 0 Å². The van der Waals surface area contributed by atoms with E-state index in [0.29, 0.717) is 27.5 Å². The molecule has 2 heterocycles. The van der Waals surface area contributed by atoms with Crippen molar-refractivity contribution in [3.8, 4) is 11.1 Å². The van der Waals surface area contributed by atoms with E-state index in [2.05, 4.69) is 4.98 Å². The number of fused-ring (bicyclic) bond motifs is 3. The van der Waals surface area contributed by atoms with Crippen molar-refractivity contribution in [2.24, 2.45) is 0 Å². The molecule has 0 saturated carbocycles. The molecule has 0 saturated heterocycles. The zero-order valence-electron chi connectivity index (χ0n) is 17.1. The summed E-state index contributed by atoms with van der Waals surface area (Å²) < 4.78 is 84.8. The Morgan fingerprint density at radius 3 is 1.97 bits per heavy atom. The van der Waals surface area contributed by atoms with Gasteiger partial charge in [-0.1, -0.05) is 18.2 Å². The lowest BCUT2D eigenvalue weighted by Crippen LogP contribution is -2.11. The van der Waals surface area contributed by atoms with Crippen molar-refractivity contribution in [3.05, 3.63) is 101 Å². The Bertz CT molecular complexity index is 1530. The molecule has 2 aromatic heterocycles. The SMILES string of the molecule is Cc1nccc2c3cc(-c4ccc(F)cc4)ccc3n(Cc3c(F)c(F)c(F)c(F)c3F)c12. The number of nitrogens with zero attached hydrogens (tertiary/aromatic N) is 2. The second kappa shape index (κ2) is 7.65. The minimum absolute atomic E-state index is 0.374. The van der Waals surface area contributed by atoms with Gasteiger partial charge in [0.1, 0.15) is 5.82 Å². The molecular formula is C25H14F6N2. The van der Waals surface area contributed by atoms with Crippen molar-refractivity contribution < 1.29 is 26.3 Å². The molecule has 0 radical (unpaired) electrons. The summed E-state index contributed by atoms with van der Waals surface area (Å²) in [6.07, 6.45) is 1.57. The summed E-state index contributed by atoms with van der Waals surface area (Å²) in [5.41, 5.74) is 2.15. The summed E-state index contributed by atoms with van der Waals surface area (Å²) in [6, 6.07) is 12.9. The van der Waals surface area contributed by atoms with E-state index in [9.17, 15) is 26.3 Å². The fourth-order valence-corrected chi connectivity index (χ4v) is 4.16. The molecule has 33 heavy (non-hydrogen) atoms. The summed E-state index contributed by atoms with van der Waals surface area (Å²) in [5, 5.41) is 1.39. The van der Waals surface area contributed by atoms with E-state index < -0.39 is 41.2 Å². The smallest absolute Gasteiger partial charge is 0.200 e. The van der Waals surface area contributed by atoms with Crippen molar-refractivity contribution in [1.29, 1.82) is 0 Å². The summed E-state index contributed by atoms with van der Waals surface area (Å²) >= 11 is 0. The van der Waals surface area contributed by atoms with Gasteiger partial charge in [-0.15, -0.1) is 0 Å². The molecular weight excluding hydrogens is 442 g/mol. The van der Waals surface area contributed by atoms with Crippen LogP contribution in [0.4, 0.5) is 26.3 Å². The second-order valence-corrected chi connectivity index (χ2v) is 7.67. The van der Waals surface area contributed by atoms with Gasteiger partial charge < -0.3 is 4.57 Å². The molecule has 0 aliphatic heterocycles. The fraction of sp³-hybridized carbons (Fsp3) is 0.0800. The molecule has 166 valence electrons. The van der Waals surface area contributed by atoms with E-state index in [-0.39, 0.29) is 5.82 Å². The molecule has 0 aliphatic rings. The predicted molar refractivity (Wildman–Crippen MR) is 113 cm³/mol. The summed E-state index contributed by atoms with van der Waals surface area (Å²) in [7, 11) is 0. The van der Waals surface area contributed by atoms with Crippen LogP contribution in [0.15, 0.2) is 54.7 Å². The Morgan fingerprint density at radius 2 is 1.30 bits per heavy atom. The lowest BCUT2D eigenvalue weighted by Gasteiger charge is -2.12. The van der Waals surface area contributed by atoms with Gasteiger partial charge in [0, 0.05) is 28.0 Å². The highest BCUT2D eigenvalue weighted by molar-refractivity contribution is 6.10. The number of aromatic nitrogens is 2. The van der Waals surface area contributed by atoms with Gasteiger partial charge in [-0.05, 0) is 48.4 Å². The van der Waals surface area contributed by atoms with Crippen LogP contribution in [0.25, 0.3) is 32.9 Å². The maximum atomic E-state index is 14.4. The minimum atomic E-state index is -2.20. The van der Waals surface area contributed by atoms with Crippen LogP contribution in [0.2, 0.25) is 0 Å². The Hall–Kier alpha value is -3.81. The lowest BCUT2D eigenvalue weighted by atomic mass is 10.0. The average Bonchev–Trinajstić information content (AvgIpc) is 3.14. The number of halogens is 6. The van der Waals surface area contributed by atoms with Crippen LogP contribution in [0, 0.1) is 41.8 Å². The highest BCUT2D eigenvalue weighted by Gasteiger charge is 2.27. The molecule has 0 amide bonds. The first-order valence-electron chi connectivity index (χ1n) is 9.91. The van der Waals surface area contributed by atoms with E-state index in [1.54, 1.807) is 43.5 Å². The van der Waals surface area contributed by atoms with Crippen LogP contribution in [0.3, 0.4) is 0 Å². The largest absolute Gasteiger partial charge is 0.334 e. The molecule has 2 nitrogen and oxygen atoms in total. The third-order valence-electron chi connectivity index (χ3n) is 5.75. The van der Waals surface area contributed by atoms with Gasteiger partial charge in [0.05, 0.1) is 17.8 Å². The fourth-order valence-electron chi connectivity index (χ4n) is 4.16. The van der Waals surface area contributed by atoms with Crippen LogP contribution in [0.1, 0.15) is 11.3 Å². The van der Waals surface area contributed by atoms with E-state index in [0.717, 1.165) is 11.1 Å². The normalized spacial score (nSPS) is 11.6. The van der Waals surface area contributed by atoms with Crippen molar-refractivity contribution in [3.63, 3.8) is 0 Å². The third-order valence-corrected chi connectivity index (χ3v) is 5.75. The quantitative estimate of drug-likeness (QED) is 0.162. The van der Waals surface area contributed by atoms with E-state index >= 15 is 0 Å². The number of hydrogen-bond acceptors (Lipinski definition) is 1. The van der Waals surface area contributed by atoms with Gasteiger partial charge in [0.25, 0.3) is 0 Å². The van der Waals surface area contributed by atoms with E-state index in [4.69, 9.17) is 0 Å². The Morgan fingerprint density at radius 1 is 0.697 bits per heavy atom. The average molecular weight is 456 g/mol. The number of hydrogen-bond donors (Lipinski definition) is 0. The zero-order chi connectivity index (χ0) is 23.4. The lowest BCUT2D eigenvalue weighted by molar-refractivity contribution is 0.368. The molecule has 0 aliphatic carbocycles. The molecule has 8 heteroatoms. The Labute approximate surface area is 183 Å². The van der Waals surface area contributed by atoms with Gasteiger partial charge in [-0.2, -0.15) is 0 Å². The number of rotatable bonds is 3. The van der Waals surface area contributed by atoms with Crippen LogP contribution in [0.5, 0.6) is 0 Å². The molecule has 0 N–H and O–H groups in total. The molecule has 0 spiro atoms. The minimum Gasteiger partial charge on any atom is -0.334 e. The molecule has 0 fully saturated rings. The van der Waals surface area contributed by atoms with Gasteiger partial charge in [0.2, 0.25) is 5.82 Å². The predicted octanol–water partition coefficient (Wildman–Crippen LogP) is 7.05. The second-order valence-electron chi connectivity index (χ2n) is 7.67. The van der Waals surface area contributed by atoms with Crippen molar-refractivity contribution >= 4 is 21.8 Å².